The largest absolute Gasteiger partial charge is 0.550 e. The van der Waals surface area contributed by atoms with E-state index in [-0.39, 0.29) is 13.0 Å². The lowest BCUT2D eigenvalue weighted by Gasteiger charge is -2.18. The van der Waals surface area contributed by atoms with Crippen LogP contribution in [0.25, 0.3) is 0 Å². The molecule has 1 atom stereocenters. The van der Waals surface area contributed by atoms with Crippen LogP contribution in [0.3, 0.4) is 0 Å². The number of rotatable bonds is 8. The Morgan fingerprint density at radius 2 is 1.72 bits per heavy atom. The van der Waals surface area contributed by atoms with Crippen molar-refractivity contribution >= 4 is 23.8 Å². The highest BCUT2D eigenvalue weighted by atomic mass is 16.4. The molecule has 9 heteroatoms. The van der Waals surface area contributed by atoms with Crippen LogP contribution in [0.2, 0.25) is 0 Å². The van der Waals surface area contributed by atoms with Gasteiger partial charge in [-0.2, -0.15) is 0 Å². The number of hydrogen-bond acceptors (Lipinski definition) is 6. The third-order valence-corrected chi connectivity index (χ3v) is 1.92. The van der Waals surface area contributed by atoms with Gasteiger partial charge in [-0.05, 0) is 12.8 Å². The van der Waals surface area contributed by atoms with Crippen molar-refractivity contribution in [2.45, 2.75) is 18.9 Å². The van der Waals surface area contributed by atoms with Gasteiger partial charge in [0.1, 0.15) is 6.04 Å². The predicted octanol–water partition coefficient (Wildman–Crippen LogP) is -5.89. The molecular weight excluding hydrogens is 246 g/mol. The number of amides is 2. The van der Waals surface area contributed by atoms with E-state index in [9.17, 15) is 29.4 Å². The molecule has 0 fully saturated rings. The molecule has 18 heavy (non-hydrogen) atoms. The van der Waals surface area contributed by atoms with Crippen LogP contribution in [-0.4, -0.2) is 42.9 Å². The van der Waals surface area contributed by atoms with Crippen molar-refractivity contribution in [3.63, 3.8) is 0 Å². The molecule has 0 aliphatic carbocycles. The molecule has 0 heterocycles. The van der Waals surface area contributed by atoms with Gasteiger partial charge in [0.2, 0.25) is 5.91 Å². The maximum atomic E-state index is 11.5. The zero-order valence-electron chi connectivity index (χ0n) is 9.56. The third kappa shape index (κ3) is 7.17. The van der Waals surface area contributed by atoms with Crippen molar-refractivity contribution in [3.8, 4) is 0 Å². The standard InChI is InChI=1S/C9H15N3O6/c10-3-6(13)12-5(1-2-7(14)15)9(18)11-4-8(16)17/h5H,1-4,10H2,(H,11,18)(H,12,13)(H,14,15)(H,16,17)/p-1/t5-/m0/s1. The molecule has 0 aliphatic heterocycles. The molecule has 9 nitrogen and oxygen atoms in total. The monoisotopic (exact) mass is 260 g/mol. The van der Waals surface area contributed by atoms with Crippen molar-refractivity contribution in [2.24, 2.45) is 0 Å². The van der Waals surface area contributed by atoms with Crippen LogP contribution in [0.4, 0.5) is 0 Å². The predicted molar refractivity (Wildman–Crippen MR) is 51.9 cm³/mol. The fraction of sp³-hybridized carbons (Fsp3) is 0.556. The number of hydrogen-bond donors (Lipinski definition) is 3. The summed E-state index contributed by atoms with van der Waals surface area (Å²) < 4.78 is 0. The lowest BCUT2D eigenvalue weighted by Crippen LogP contribution is -2.60. The quantitative estimate of drug-likeness (QED) is 0.393. The fourth-order valence-corrected chi connectivity index (χ4v) is 1.08. The highest BCUT2D eigenvalue weighted by Gasteiger charge is 2.20. The van der Waals surface area contributed by atoms with Crippen molar-refractivity contribution in [3.05, 3.63) is 0 Å². The summed E-state index contributed by atoms with van der Waals surface area (Å²) in [6.07, 6.45) is -0.645. The first kappa shape index (κ1) is 15.8. The molecule has 0 radical (unpaired) electrons. The van der Waals surface area contributed by atoms with Crippen molar-refractivity contribution in [1.29, 1.82) is 0 Å². The minimum atomic E-state index is -1.49. The molecule has 102 valence electrons. The highest BCUT2D eigenvalue weighted by Crippen LogP contribution is 1.97. The van der Waals surface area contributed by atoms with Crippen molar-refractivity contribution in [2.75, 3.05) is 13.1 Å². The summed E-state index contributed by atoms with van der Waals surface area (Å²) in [7, 11) is 0. The van der Waals surface area contributed by atoms with Gasteiger partial charge in [0, 0.05) is 5.97 Å². The van der Waals surface area contributed by atoms with Gasteiger partial charge in [-0.3, -0.25) is 9.59 Å². The SMILES string of the molecule is [NH3+]CC(=O)N[C@@H](CCC(=O)[O-])C(=O)NCC(=O)[O-]. The summed E-state index contributed by atoms with van der Waals surface area (Å²) in [5.74, 6) is -4.23. The molecule has 5 N–H and O–H groups in total. The number of carboxylic acid groups (broad SMARTS) is 2. The molecule has 0 spiro atoms. The summed E-state index contributed by atoms with van der Waals surface area (Å²) in [5, 5.41) is 24.6. The molecule has 0 aliphatic rings. The van der Waals surface area contributed by atoms with E-state index in [0.717, 1.165) is 0 Å². The molecule has 0 aromatic rings. The maximum Gasteiger partial charge on any atom is 0.275 e. The second-order valence-electron chi connectivity index (χ2n) is 3.37. The number of carboxylic acids is 2. The topological polar surface area (TPSA) is 166 Å². The van der Waals surface area contributed by atoms with Crippen LogP contribution >= 0.6 is 0 Å². The first-order valence-electron chi connectivity index (χ1n) is 5.12. The van der Waals surface area contributed by atoms with Gasteiger partial charge in [0.15, 0.2) is 6.54 Å². The van der Waals surface area contributed by atoms with Gasteiger partial charge in [0.05, 0.1) is 12.5 Å². The molecule has 0 unspecified atom stereocenters. The lowest BCUT2D eigenvalue weighted by atomic mass is 10.1. The van der Waals surface area contributed by atoms with Gasteiger partial charge in [0.25, 0.3) is 5.91 Å². The van der Waals surface area contributed by atoms with E-state index in [1.165, 1.54) is 0 Å². The summed E-state index contributed by atoms with van der Waals surface area (Å²) in [6, 6.07) is -1.14. The van der Waals surface area contributed by atoms with Crippen LogP contribution < -0.4 is 26.6 Å². The van der Waals surface area contributed by atoms with E-state index in [4.69, 9.17) is 0 Å². The van der Waals surface area contributed by atoms with Crippen LogP contribution in [0.15, 0.2) is 0 Å². The number of aliphatic carboxylic acids is 2. The molecule has 0 bridgehead atoms. The molecule has 0 aromatic carbocycles. The van der Waals surface area contributed by atoms with Gasteiger partial charge in [-0.25, -0.2) is 0 Å². The number of quaternary nitrogens is 1. The Kier molecular flexibility index (Phi) is 7.05. The second kappa shape index (κ2) is 8.01. The van der Waals surface area contributed by atoms with Crippen molar-refractivity contribution < 1.29 is 35.1 Å². The van der Waals surface area contributed by atoms with E-state index in [1.807, 2.05) is 5.32 Å². The Hall–Kier alpha value is -2.16. The lowest BCUT2D eigenvalue weighted by molar-refractivity contribution is -0.355. The Morgan fingerprint density at radius 1 is 1.11 bits per heavy atom. The third-order valence-electron chi connectivity index (χ3n) is 1.92. The van der Waals surface area contributed by atoms with Gasteiger partial charge >= 0.3 is 0 Å². The Balaban J connectivity index is 4.42. The summed E-state index contributed by atoms with van der Waals surface area (Å²) >= 11 is 0. The van der Waals surface area contributed by atoms with E-state index in [2.05, 4.69) is 11.1 Å². The Morgan fingerprint density at radius 3 is 2.17 bits per heavy atom. The van der Waals surface area contributed by atoms with E-state index < -0.39 is 42.8 Å². The summed E-state index contributed by atoms with van der Waals surface area (Å²) in [6.45, 7) is -0.851. The maximum absolute atomic E-state index is 11.5. The second-order valence-corrected chi connectivity index (χ2v) is 3.37. The average Bonchev–Trinajstić information content (AvgIpc) is 2.30. The van der Waals surface area contributed by atoms with Crippen LogP contribution in [0.1, 0.15) is 12.8 Å². The molecular formula is C9H14N3O6-. The van der Waals surface area contributed by atoms with E-state index >= 15 is 0 Å². The van der Waals surface area contributed by atoms with E-state index in [1.54, 1.807) is 0 Å². The molecule has 0 saturated carbocycles. The van der Waals surface area contributed by atoms with Gasteiger partial charge in [-0.15, -0.1) is 0 Å². The smallest absolute Gasteiger partial charge is 0.275 e. The number of carbonyl (C=O) groups excluding carboxylic acids is 4. The molecule has 0 rings (SSSR count). The normalized spacial score (nSPS) is 11.4. The van der Waals surface area contributed by atoms with Gasteiger partial charge in [-0.1, -0.05) is 0 Å². The summed E-state index contributed by atoms with van der Waals surface area (Å²) in [4.78, 5) is 42.9. The van der Waals surface area contributed by atoms with E-state index in [0.29, 0.717) is 0 Å². The number of nitrogens with one attached hydrogen (secondary N) is 2. The first-order valence-corrected chi connectivity index (χ1v) is 5.12. The molecule has 0 aromatic heterocycles. The van der Waals surface area contributed by atoms with Crippen LogP contribution in [-0.2, 0) is 19.2 Å². The minimum absolute atomic E-state index is 0.129. The molecule has 2 amide bonds. The van der Waals surface area contributed by atoms with Crippen LogP contribution in [0, 0.1) is 0 Å². The first-order chi connectivity index (χ1) is 8.36. The average molecular weight is 260 g/mol. The van der Waals surface area contributed by atoms with Crippen molar-refractivity contribution in [1.82, 2.24) is 10.6 Å². The fourth-order valence-electron chi connectivity index (χ4n) is 1.08. The number of carbonyl (C=O) groups is 4. The zero-order chi connectivity index (χ0) is 14.1. The molecule has 0 saturated heterocycles. The highest BCUT2D eigenvalue weighted by molar-refractivity contribution is 5.89. The van der Waals surface area contributed by atoms with Crippen LogP contribution in [0.5, 0.6) is 0 Å². The summed E-state index contributed by atoms with van der Waals surface area (Å²) in [5.41, 5.74) is 3.29. The Labute approximate surface area is 102 Å². The minimum Gasteiger partial charge on any atom is -0.550 e. The zero-order valence-corrected chi connectivity index (χ0v) is 9.56. The Bertz CT molecular complexity index is 343. The van der Waals surface area contributed by atoms with Gasteiger partial charge < -0.3 is 36.2 Å².